The van der Waals surface area contributed by atoms with E-state index < -0.39 is 0 Å². The molecule has 0 radical (unpaired) electrons. The fourth-order valence-electron chi connectivity index (χ4n) is 4.78. The van der Waals surface area contributed by atoms with Crippen LogP contribution in [0.3, 0.4) is 0 Å². The molecule has 0 aliphatic carbocycles. The first-order valence-electron chi connectivity index (χ1n) is 13.7. The number of unbranched alkanes of at least 4 members (excludes halogenated alkanes) is 2. The fourth-order valence-corrected chi connectivity index (χ4v) is 4.78. The number of carbonyl (C=O) groups excluding carboxylic acids is 1. The van der Waals surface area contributed by atoms with Gasteiger partial charge in [0.15, 0.2) is 11.5 Å². The number of hydrogen-bond acceptors (Lipinski definition) is 6. The largest absolute Gasteiger partial charge is 0.493 e. The monoisotopic (exact) mass is 545 g/mol. The first kappa shape index (κ1) is 28.8. The summed E-state index contributed by atoms with van der Waals surface area (Å²) in [6, 6.07) is 17.8. The molecule has 1 amide bonds. The molecule has 0 fully saturated rings. The zero-order valence-electron chi connectivity index (χ0n) is 24.1. The van der Waals surface area contributed by atoms with Crippen LogP contribution in [-0.2, 0) is 13.0 Å². The maximum atomic E-state index is 12.7. The molecule has 4 rings (SSSR count). The van der Waals surface area contributed by atoms with E-state index in [1.54, 1.807) is 12.1 Å². The number of ether oxygens (including phenoxy) is 4. The van der Waals surface area contributed by atoms with E-state index in [0.29, 0.717) is 36.0 Å². The van der Waals surface area contributed by atoms with Gasteiger partial charge in [0.2, 0.25) is 5.75 Å². The number of aryl methyl sites for hydroxylation is 3. The fraction of sp³-hybridized carbons (Fsp3) is 0.375. The number of nitrogens with one attached hydrogen (secondary N) is 1. The molecule has 0 aliphatic rings. The molecule has 0 spiro atoms. The highest BCUT2D eigenvalue weighted by atomic mass is 16.5. The summed E-state index contributed by atoms with van der Waals surface area (Å²) in [7, 11) is 4.60. The van der Waals surface area contributed by atoms with Crippen LogP contribution in [0.5, 0.6) is 23.0 Å². The number of aromatic nitrogens is 2. The lowest BCUT2D eigenvalue weighted by atomic mass is 10.1. The quantitative estimate of drug-likeness (QED) is 0.199. The van der Waals surface area contributed by atoms with Gasteiger partial charge in [0.05, 0.1) is 38.9 Å². The Morgan fingerprint density at radius 1 is 0.875 bits per heavy atom. The Hall–Kier alpha value is -4.20. The van der Waals surface area contributed by atoms with Crippen LogP contribution >= 0.6 is 0 Å². The molecule has 0 unspecified atom stereocenters. The molecular formula is C32H39N3O5. The number of para-hydroxylation sites is 2. The van der Waals surface area contributed by atoms with E-state index in [0.717, 1.165) is 60.4 Å². The van der Waals surface area contributed by atoms with Crippen LogP contribution in [0.1, 0.15) is 46.6 Å². The first-order valence-corrected chi connectivity index (χ1v) is 13.7. The summed E-state index contributed by atoms with van der Waals surface area (Å²) in [5, 5.41) is 2.99. The van der Waals surface area contributed by atoms with Crippen molar-refractivity contribution >= 4 is 16.9 Å². The summed E-state index contributed by atoms with van der Waals surface area (Å²) in [6.45, 7) is 6.03. The lowest BCUT2D eigenvalue weighted by molar-refractivity contribution is 0.0952. The van der Waals surface area contributed by atoms with Gasteiger partial charge in [-0.15, -0.1) is 0 Å². The Bertz CT molecular complexity index is 1420. The molecule has 1 aromatic heterocycles. The van der Waals surface area contributed by atoms with Crippen LogP contribution in [0.4, 0.5) is 0 Å². The minimum atomic E-state index is -0.176. The van der Waals surface area contributed by atoms with Crippen molar-refractivity contribution in [3.05, 3.63) is 77.1 Å². The van der Waals surface area contributed by atoms with Gasteiger partial charge >= 0.3 is 0 Å². The van der Waals surface area contributed by atoms with Crippen LogP contribution in [-0.4, -0.2) is 49.9 Å². The number of imidazole rings is 1. The third-order valence-corrected chi connectivity index (χ3v) is 6.94. The molecule has 4 aromatic rings. The van der Waals surface area contributed by atoms with Crippen molar-refractivity contribution in [3.8, 4) is 23.0 Å². The van der Waals surface area contributed by atoms with Gasteiger partial charge in [-0.25, -0.2) is 4.98 Å². The topological polar surface area (TPSA) is 83.8 Å². The van der Waals surface area contributed by atoms with Crippen LogP contribution in [0.15, 0.2) is 54.6 Å². The van der Waals surface area contributed by atoms with E-state index in [-0.39, 0.29) is 5.91 Å². The zero-order valence-corrected chi connectivity index (χ0v) is 24.1. The molecule has 212 valence electrons. The Morgan fingerprint density at radius 2 is 1.62 bits per heavy atom. The summed E-state index contributed by atoms with van der Waals surface area (Å²) >= 11 is 0. The van der Waals surface area contributed by atoms with Gasteiger partial charge in [-0.2, -0.15) is 0 Å². The Kier molecular flexibility index (Phi) is 9.89. The molecule has 0 atom stereocenters. The number of amides is 1. The van der Waals surface area contributed by atoms with Crippen molar-refractivity contribution in [2.45, 2.75) is 46.1 Å². The van der Waals surface area contributed by atoms with Gasteiger partial charge in [-0.05, 0) is 68.1 Å². The zero-order chi connectivity index (χ0) is 28.5. The molecule has 1 heterocycles. The van der Waals surface area contributed by atoms with Crippen molar-refractivity contribution < 1.29 is 23.7 Å². The number of rotatable bonds is 14. The second-order valence-corrected chi connectivity index (χ2v) is 9.77. The molecule has 0 saturated carbocycles. The summed E-state index contributed by atoms with van der Waals surface area (Å²) in [6.07, 6.45) is 3.67. The van der Waals surface area contributed by atoms with Crippen molar-refractivity contribution in [2.24, 2.45) is 0 Å². The first-order chi connectivity index (χ1) is 19.4. The van der Waals surface area contributed by atoms with Gasteiger partial charge in [-0.3, -0.25) is 4.79 Å². The molecular weight excluding hydrogens is 506 g/mol. The lowest BCUT2D eigenvalue weighted by Gasteiger charge is -2.14. The van der Waals surface area contributed by atoms with Gasteiger partial charge in [-0.1, -0.05) is 30.7 Å². The molecule has 8 nitrogen and oxygen atoms in total. The summed E-state index contributed by atoms with van der Waals surface area (Å²) in [5.41, 5.74) is 4.92. The predicted molar refractivity (Wildman–Crippen MR) is 157 cm³/mol. The number of benzene rings is 3. The van der Waals surface area contributed by atoms with E-state index in [4.69, 9.17) is 23.9 Å². The second kappa shape index (κ2) is 13.7. The van der Waals surface area contributed by atoms with Gasteiger partial charge < -0.3 is 28.8 Å². The Morgan fingerprint density at radius 3 is 2.35 bits per heavy atom. The average Bonchev–Trinajstić information content (AvgIpc) is 3.32. The highest BCUT2D eigenvalue weighted by molar-refractivity contribution is 5.95. The van der Waals surface area contributed by atoms with Gasteiger partial charge in [0, 0.05) is 18.5 Å². The normalized spacial score (nSPS) is 10.9. The van der Waals surface area contributed by atoms with E-state index >= 15 is 0 Å². The molecule has 8 heteroatoms. The van der Waals surface area contributed by atoms with Crippen LogP contribution in [0.25, 0.3) is 11.0 Å². The van der Waals surface area contributed by atoms with E-state index in [2.05, 4.69) is 54.1 Å². The molecule has 0 saturated heterocycles. The third-order valence-electron chi connectivity index (χ3n) is 6.94. The number of fused-ring (bicyclic) bond motifs is 1. The standard InChI is InChI=1S/C32H39N3O5/c1-22-14-15-23(2)27(19-22)40-18-17-35-26-12-9-8-11-25(26)34-30(35)13-7-6-10-16-33-32(36)24-20-28(37-3)31(39-5)29(21-24)38-4/h8-9,11-12,14-15,19-21H,6-7,10,13,16-18H2,1-5H3,(H,33,36). The van der Waals surface area contributed by atoms with Crippen LogP contribution in [0.2, 0.25) is 0 Å². The van der Waals surface area contributed by atoms with Gasteiger partial charge in [0.25, 0.3) is 5.91 Å². The van der Waals surface area contributed by atoms with Crippen molar-refractivity contribution in [3.63, 3.8) is 0 Å². The number of hydrogen-bond donors (Lipinski definition) is 1. The number of nitrogens with zero attached hydrogens (tertiary/aromatic N) is 2. The number of carbonyl (C=O) groups is 1. The Labute approximate surface area is 236 Å². The maximum absolute atomic E-state index is 12.7. The maximum Gasteiger partial charge on any atom is 0.251 e. The molecule has 40 heavy (non-hydrogen) atoms. The molecule has 0 aliphatic heterocycles. The summed E-state index contributed by atoms with van der Waals surface area (Å²) in [4.78, 5) is 17.6. The second-order valence-electron chi connectivity index (χ2n) is 9.77. The Balaban J connectivity index is 1.29. The van der Waals surface area contributed by atoms with Gasteiger partial charge in [0.1, 0.15) is 18.2 Å². The minimum Gasteiger partial charge on any atom is -0.493 e. The van der Waals surface area contributed by atoms with Crippen molar-refractivity contribution in [2.75, 3.05) is 34.5 Å². The highest BCUT2D eigenvalue weighted by Gasteiger charge is 2.17. The smallest absolute Gasteiger partial charge is 0.251 e. The van der Waals surface area contributed by atoms with E-state index in [1.165, 1.54) is 26.9 Å². The highest BCUT2D eigenvalue weighted by Crippen LogP contribution is 2.38. The van der Waals surface area contributed by atoms with Crippen LogP contribution < -0.4 is 24.3 Å². The van der Waals surface area contributed by atoms with Crippen molar-refractivity contribution in [1.29, 1.82) is 0 Å². The minimum absolute atomic E-state index is 0.176. The summed E-state index contributed by atoms with van der Waals surface area (Å²) in [5.74, 6) is 3.18. The lowest BCUT2D eigenvalue weighted by Crippen LogP contribution is -2.24. The van der Waals surface area contributed by atoms with Crippen LogP contribution in [0, 0.1) is 13.8 Å². The number of methoxy groups -OCH3 is 3. The third kappa shape index (κ3) is 6.86. The summed E-state index contributed by atoms with van der Waals surface area (Å²) < 4.78 is 24.5. The van der Waals surface area contributed by atoms with Crippen molar-refractivity contribution in [1.82, 2.24) is 14.9 Å². The molecule has 1 N–H and O–H groups in total. The van der Waals surface area contributed by atoms with E-state index in [9.17, 15) is 4.79 Å². The SMILES string of the molecule is COc1cc(C(=O)NCCCCCc2nc3ccccc3n2CCOc2cc(C)ccc2C)cc(OC)c1OC. The predicted octanol–water partition coefficient (Wildman–Crippen LogP) is 5.90. The van der Waals surface area contributed by atoms with E-state index in [1.807, 2.05) is 12.1 Å². The molecule has 0 bridgehead atoms. The molecule has 3 aromatic carbocycles. The average molecular weight is 546 g/mol.